The first-order valence-electron chi connectivity index (χ1n) is 7.97. The maximum Gasteiger partial charge on any atom is 0.160 e. The zero-order valence-electron chi connectivity index (χ0n) is 13.7. The predicted octanol–water partition coefficient (Wildman–Crippen LogP) is 4.60. The van der Waals surface area contributed by atoms with Crippen LogP contribution in [0.4, 0.5) is 0 Å². The highest BCUT2D eigenvalue weighted by molar-refractivity contribution is 14.1. The molecule has 0 amide bonds. The van der Waals surface area contributed by atoms with E-state index >= 15 is 0 Å². The van der Waals surface area contributed by atoms with E-state index in [-0.39, 0.29) is 0 Å². The number of rotatable bonds is 6. The van der Waals surface area contributed by atoms with E-state index in [2.05, 4.69) is 70.0 Å². The molecule has 0 unspecified atom stereocenters. The summed E-state index contributed by atoms with van der Waals surface area (Å²) in [6, 6.07) is 18.9. The van der Waals surface area contributed by atoms with E-state index in [1.807, 2.05) is 23.9 Å². The maximum absolute atomic E-state index is 5.26. The van der Waals surface area contributed by atoms with E-state index < -0.39 is 0 Å². The average Bonchev–Trinajstić information content (AvgIpc) is 3.12. The molecule has 3 rings (SSSR count). The van der Waals surface area contributed by atoms with Crippen LogP contribution in [0.3, 0.4) is 0 Å². The molecule has 1 aliphatic heterocycles. The zero-order chi connectivity index (χ0) is 16.8. The minimum Gasteiger partial charge on any atom is -0.497 e. The van der Waals surface area contributed by atoms with Crippen molar-refractivity contribution < 1.29 is 4.74 Å². The third-order valence-electron chi connectivity index (χ3n) is 3.89. The summed E-state index contributed by atoms with van der Waals surface area (Å²) in [7, 11) is 1.70. The van der Waals surface area contributed by atoms with Gasteiger partial charge in [0, 0.05) is 22.8 Å². The highest BCUT2D eigenvalue weighted by Crippen LogP contribution is 2.27. The lowest BCUT2D eigenvalue weighted by Crippen LogP contribution is -2.27. The fraction of sp³-hybridized carbons (Fsp3) is 0.316. The van der Waals surface area contributed by atoms with Crippen LogP contribution in [-0.2, 0) is 13.1 Å². The fourth-order valence-corrected chi connectivity index (χ4v) is 4.36. The third-order valence-corrected chi connectivity index (χ3v) is 6.80. The van der Waals surface area contributed by atoms with Gasteiger partial charge in [-0.2, -0.15) is 0 Å². The van der Waals surface area contributed by atoms with E-state index in [9.17, 15) is 0 Å². The highest BCUT2D eigenvalue weighted by Gasteiger charge is 2.23. The molecule has 0 fully saturated rings. The van der Waals surface area contributed by atoms with Crippen LogP contribution in [0.15, 0.2) is 59.6 Å². The summed E-state index contributed by atoms with van der Waals surface area (Å²) < 4.78 is 6.39. The molecule has 0 saturated carbocycles. The van der Waals surface area contributed by atoms with Crippen LogP contribution in [-0.4, -0.2) is 33.4 Å². The average molecular weight is 452 g/mol. The zero-order valence-corrected chi connectivity index (χ0v) is 16.7. The summed E-state index contributed by atoms with van der Waals surface area (Å²) in [5.41, 5.74) is 2.58. The molecular formula is C19H21IN2OS. The van der Waals surface area contributed by atoms with Gasteiger partial charge in [0.2, 0.25) is 0 Å². The molecule has 0 spiro atoms. The minimum absolute atomic E-state index is 0.606. The first-order valence-corrected chi connectivity index (χ1v) is 10.4. The van der Waals surface area contributed by atoms with Gasteiger partial charge in [0.1, 0.15) is 5.75 Å². The van der Waals surface area contributed by atoms with Gasteiger partial charge in [-0.25, -0.2) is 0 Å². The number of benzene rings is 2. The standard InChI is InChI=1S/C19H21IN2OS/c1-23-17-9-7-16(8-10-17)14-22(13-15-5-3-2-4-6-15)19-21-12-18(11-20)24-19/h2-10,18H,11-14H2,1H3/t18-/m0/s1. The monoisotopic (exact) mass is 452 g/mol. The molecule has 0 aromatic heterocycles. The second-order valence-electron chi connectivity index (χ2n) is 5.71. The Morgan fingerprint density at radius 3 is 2.33 bits per heavy atom. The highest BCUT2D eigenvalue weighted by atomic mass is 127. The Labute approximate surface area is 161 Å². The van der Waals surface area contributed by atoms with Crippen LogP contribution in [0, 0.1) is 0 Å². The van der Waals surface area contributed by atoms with E-state index in [1.165, 1.54) is 11.1 Å². The number of hydrogen-bond acceptors (Lipinski definition) is 4. The van der Waals surface area contributed by atoms with Crippen LogP contribution in [0.2, 0.25) is 0 Å². The molecular weight excluding hydrogens is 431 g/mol. The van der Waals surface area contributed by atoms with Gasteiger partial charge in [0.25, 0.3) is 0 Å². The number of alkyl halides is 1. The van der Waals surface area contributed by atoms with Crippen molar-refractivity contribution in [2.45, 2.75) is 18.3 Å². The van der Waals surface area contributed by atoms with Crippen LogP contribution in [0.5, 0.6) is 5.75 Å². The van der Waals surface area contributed by atoms with Crippen molar-refractivity contribution in [3.05, 3.63) is 65.7 Å². The summed E-state index contributed by atoms with van der Waals surface area (Å²) >= 11 is 4.36. The first kappa shape index (κ1) is 17.6. The number of nitrogens with zero attached hydrogens (tertiary/aromatic N) is 2. The number of amidine groups is 1. The normalized spacial score (nSPS) is 16.8. The van der Waals surface area contributed by atoms with Gasteiger partial charge in [-0.1, -0.05) is 76.8 Å². The summed E-state index contributed by atoms with van der Waals surface area (Å²) in [6.45, 7) is 2.67. The van der Waals surface area contributed by atoms with Gasteiger partial charge in [-0.15, -0.1) is 0 Å². The SMILES string of the molecule is COc1ccc(CN(Cc2ccccc2)C2=NC[C@H](CI)S2)cc1. The van der Waals surface area contributed by atoms with Crippen molar-refractivity contribution in [3.8, 4) is 5.75 Å². The Balaban J connectivity index is 1.76. The van der Waals surface area contributed by atoms with Crippen LogP contribution >= 0.6 is 34.4 Å². The van der Waals surface area contributed by atoms with E-state index in [0.29, 0.717) is 5.25 Å². The Morgan fingerprint density at radius 2 is 1.75 bits per heavy atom. The Bertz CT molecular complexity index is 676. The van der Waals surface area contributed by atoms with E-state index in [1.54, 1.807) is 7.11 Å². The van der Waals surface area contributed by atoms with Gasteiger partial charge in [-0.3, -0.25) is 4.99 Å². The van der Waals surface area contributed by atoms with Crippen LogP contribution < -0.4 is 4.74 Å². The van der Waals surface area contributed by atoms with Crippen molar-refractivity contribution in [2.75, 3.05) is 18.1 Å². The van der Waals surface area contributed by atoms with Crippen LogP contribution in [0.25, 0.3) is 0 Å². The summed E-state index contributed by atoms with van der Waals surface area (Å²) in [5, 5.41) is 1.77. The summed E-state index contributed by atoms with van der Waals surface area (Å²) in [6.07, 6.45) is 0. The molecule has 0 N–H and O–H groups in total. The van der Waals surface area contributed by atoms with E-state index in [4.69, 9.17) is 9.73 Å². The van der Waals surface area contributed by atoms with Crippen molar-refractivity contribution in [3.63, 3.8) is 0 Å². The fourth-order valence-electron chi connectivity index (χ4n) is 2.60. The lowest BCUT2D eigenvalue weighted by Gasteiger charge is -2.25. The second-order valence-corrected chi connectivity index (χ2v) is 7.86. The largest absolute Gasteiger partial charge is 0.497 e. The second kappa shape index (κ2) is 8.76. The van der Waals surface area contributed by atoms with E-state index in [0.717, 1.165) is 35.0 Å². The van der Waals surface area contributed by atoms with Gasteiger partial charge >= 0.3 is 0 Å². The topological polar surface area (TPSA) is 24.8 Å². The molecule has 0 radical (unpaired) electrons. The molecule has 2 aromatic rings. The summed E-state index contributed by atoms with van der Waals surface area (Å²) in [4.78, 5) is 7.17. The van der Waals surface area contributed by atoms with Crippen LogP contribution in [0.1, 0.15) is 11.1 Å². The Hall–Kier alpha value is -1.21. The molecule has 1 heterocycles. The number of halogens is 1. The molecule has 1 aliphatic rings. The number of hydrogen-bond donors (Lipinski definition) is 0. The molecule has 24 heavy (non-hydrogen) atoms. The van der Waals surface area contributed by atoms with Crippen molar-refractivity contribution in [1.29, 1.82) is 0 Å². The Morgan fingerprint density at radius 1 is 1.08 bits per heavy atom. The van der Waals surface area contributed by atoms with Gasteiger partial charge in [-0.05, 0) is 23.3 Å². The Kier molecular flexibility index (Phi) is 6.43. The minimum atomic E-state index is 0.606. The smallest absolute Gasteiger partial charge is 0.160 e. The van der Waals surface area contributed by atoms with Crippen molar-refractivity contribution >= 4 is 39.5 Å². The third kappa shape index (κ3) is 4.66. The number of methoxy groups -OCH3 is 1. The summed E-state index contributed by atoms with van der Waals surface area (Å²) in [5.74, 6) is 0.894. The molecule has 3 nitrogen and oxygen atoms in total. The molecule has 0 saturated heterocycles. The van der Waals surface area contributed by atoms with Gasteiger partial charge < -0.3 is 9.64 Å². The van der Waals surface area contributed by atoms with Gasteiger partial charge in [0.15, 0.2) is 5.17 Å². The number of aliphatic imine (C=N–C) groups is 1. The van der Waals surface area contributed by atoms with Gasteiger partial charge in [0.05, 0.1) is 13.7 Å². The quantitative estimate of drug-likeness (QED) is 0.473. The predicted molar refractivity (Wildman–Crippen MR) is 111 cm³/mol. The molecule has 0 bridgehead atoms. The maximum atomic E-state index is 5.26. The molecule has 0 aliphatic carbocycles. The lowest BCUT2D eigenvalue weighted by atomic mass is 10.2. The van der Waals surface area contributed by atoms with Crippen molar-refractivity contribution in [1.82, 2.24) is 4.90 Å². The first-order chi connectivity index (χ1) is 11.8. The van der Waals surface area contributed by atoms with Crippen molar-refractivity contribution in [2.24, 2.45) is 4.99 Å². The molecule has 126 valence electrons. The number of thioether (sulfide) groups is 1. The molecule has 5 heteroatoms. The molecule has 1 atom stereocenters. The molecule has 2 aromatic carbocycles. The number of ether oxygens (including phenoxy) is 1. The lowest BCUT2D eigenvalue weighted by molar-refractivity contribution is 0.408.